The third kappa shape index (κ3) is 2.85. The van der Waals surface area contributed by atoms with Gasteiger partial charge in [0.1, 0.15) is 12.4 Å². The van der Waals surface area contributed by atoms with Crippen molar-refractivity contribution in [1.82, 2.24) is 4.90 Å². The Morgan fingerprint density at radius 2 is 2.04 bits per heavy atom. The summed E-state index contributed by atoms with van der Waals surface area (Å²) in [6.45, 7) is 0.946. The van der Waals surface area contributed by atoms with Gasteiger partial charge in [-0.15, -0.1) is 0 Å². The summed E-state index contributed by atoms with van der Waals surface area (Å²) in [6.07, 6.45) is 2.00. The standard InChI is InChI=1S/C21H20INO4/c22-21-7-8-23(14(11-21)9-13-5-6-15(24)10-16(13)21)20(25)19-12-26-17-3-1-2-4-18(17)27-19/h1-6,10,14,19,24H,7-9,11-12H2/t14-,19?,21+/m1/s1. The van der Waals surface area contributed by atoms with Crippen molar-refractivity contribution in [2.24, 2.45) is 0 Å². The predicted octanol–water partition coefficient (Wildman–Crippen LogP) is 3.41. The molecule has 2 heterocycles. The van der Waals surface area contributed by atoms with Crippen molar-refractivity contribution in [1.29, 1.82) is 0 Å². The molecule has 3 atom stereocenters. The summed E-state index contributed by atoms with van der Waals surface area (Å²) in [5.74, 6) is 1.65. The molecule has 0 radical (unpaired) electrons. The minimum absolute atomic E-state index is 0.00943. The van der Waals surface area contributed by atoms with Crippen LogP contribution in [0.5, 0.6) is 17.2 Å². The highest BCUT2D eigenvalue weighted by atomic mass is 127. The van der Waals surface area contributed by atoms with Crippen molar-refractivity contribution in [3.8, 4) is 17.2 Å². The van der Waals surface area contributed by atoms with Crippen LogP contribution < -0.4 is 9.47 Å². The van der Waals surface area contributed by atoms with Crippen molar-refractivity contribution >= 4 is 28.5 Å². The van der Waals surface area contributed by atoms with E-state index in [1.54, 1.807) is 6.07 Å². The number of aromatic hydroxyl groups is 1. The summed E-state index contributed by atoms with van der Waals surface area (Å²) in [7, 11) is 0. The van der Waals surface area contributed by atoms with Crippen molar-refractivity contribution in [3.05, 3.63) is 53.6 Å². The number of likely N-dealkylation sites (tertiary alicyclic amines) is 1. The Morgan fingerprint density at radius 3 is 2.89 bits per heavy atom. The van der Waals surface area contributed by atoms with Crippen molar-refractivity contribution in [2.75, 3.05) is 13.2 Å². The lowest BCUT2D eigenvalue weighted by Crippen LogP contribution is -2.57. The number of fused-ring (bicyclic) bond motifs is 5. The molecule has 2 aliphatic heterocycles. The monoisotopic (exact) mass is 477 g/mol. The van der Waals surface area contributed by atoms with Crippen molar-refractivity contribution in [3.63, 3.8) is 0 Å². The predicted molar refractivity (Wildman–Crippen MR) is 109 cm³/mol. The van der Waals surface area contributed by atoms with Crippen LogP contribution in [-0.4, -0.2) is 41.2 Å². The average molecular weight is 477 g/mol. The first-order valence-electron chi connectivity index (χ1n) is 9.24. The van der Waals surface area contributed by atoms with E-state index in [1.165, 1.54) is 11.1 Å². The number of alkyl halides is 1. The number of hydrogen-bond acceptors (Lipinski definition) is 4. The molecule has 6 heteroatoms. The van der Waals surface area contributed by atoms with Crippen LogP contribution in [0.15, 0.2) is 42.5 Å². The topological polar surface area (TPSA) is 59.0 Å². The number of piperidine rings is 1. The van der Waals surface area contributed by atoms with Gasteiger partial charge in [0.05, 0.1) is 3.42 Å². The second kappa shape index (κ2) is 6.29. The maximum Gasteiger partial charge on any atom is 0.267 e. The van der Waals surface area contributed by atoms with E-state index in [-0.39, 0.29) is 22.0 Å². The Kier molecular flexibility index (Phi) is 4.00. The molecule has 1 N–H and O–H groups in total. The number of halogens is 1. The number of phenols is 1. The van der Waals surface area contributed by atoms with E-state index in [0.717, 1.165) is 19.3 Å². The molecule has 0 spiro atoms. The summed E-state index contributed by atoms with van der Waals surface area (Å²) in [6, 6.07) is 13.3. The van der Waals surface area contributed by atoms with Gasteiger partial charge in [-0.05, 0) is 54.7 Å². The van der Waals surface area contributed by atoms with Crippen LogP contribution in [0.2, 0.25) is 0 Å². The molecule has 5 nitrogen and oxygen atoms in total. The summed E-state index contributed by atoms with van der Waals surface area (Å²) in [5.41, 5.74) is 2.44. The smallest absolute Gasteiger partial charge is 0.267 e. The first kappa shape index (κ1) is 17.2. The number of para-hydroxylation sites is 2. The van der Waals surface area contributed by atoms with Crippen LogP contribution in [0.25, 0.3) is 0 Å². The average Bonchev–Trinajstić information content (AvgIpc) is 2.68. The fraction of sp³-hybridized carbons (Fsp3) is 0.381. The normalized spacial score (nSPS) is 28.4. The zero-order valence-electron chi connectivity index (χ0n) is 14.7. The lowest BCUT2D eigenvalue weighted by Gasteiger charge is -2.49. The molecular weight excluding hydrogens is 457 g/mol. The van der Waals surface area contributed by atoms with Crippen LogP contribution in [0.1, 0.15) is 24.0 Å². The lowest BCUT2D eigenvalue weighted by molar-refractivity contribution is -0.145. The minimum atomic E-state index is -0.595. The molecule has 1 aliphatic carbocycles. The lowest BCUT2D eigenvalue weighted by atomic mass is 9.75. The molecule has 2 aromatic carbocycles. The number of benzene rings is 2. The van der Waals surface area contributed by atoms with E-state index < -0.39 is 6.10 Å². The van der Waals surface area contributed by atoms with Gasteiger partial charge in [-0.2, -0.15) is 0 Å². The largest absolute Gasteiger partial charge is 0.508 e. The number of carbonyl (C=O) groups is 1. The minimum Gasteiger partial charge on any atom is -0.508 e. The van der Waals surface area contributed by atoms with Crippen molar-refractivity contribution < 1.29 is 19.4 Å². The molecule has 1 fully saturated rings. The molecule has 3 aliphatic rings. The Labute approximate surface area is 171 Å². The first-order chi connectivity index (χ1) is 13.0. The maximum atomic E-state index is 13.2. The van der Waals surface area contributed by atoms with Gasteiger partial charge in [-0.3, -0.25) is 4.79 Å². The first-order valence-corrected chi connectivity index (χ1v) is 10.3. The van der Waals surface area contributed by atoms with Gasteiger partial charge < -0.3 is 19.5 Å². The third-order valence-corrected chi connectivity index (χ3v) is 7.41. The molecule has 140 valence electrons. The number of carbonyl (C=O) groups excluding carboxylic acids is 1. The Balaban J connectivity index is 1.39. The van der Waals surface area contributed by atoms with Crippen molar-refractivity contribution in [2.45, 2.75) is 34.8 Å². The molecule has 27 heavy (non-hydrogen) atoms. The summed E-state index contributed by atoms with van der Waals surface area (Å²) < 4.78 is 11.7. The van der Waals surface area contributed by atoms with Gasteiger partial charge in [-0.25, -0.2) is 0 Å². The number of ether oxygens (including phenoxy) is 2. The summed E-state index contributed by atoms with van der Waals surface area (Å²) in [4.78, 5) is 15.2. The van der Waals surface area contributed by atoms with Gasteiger partial charge in [0.25, 0.3) is 5.91 Å². The zero-order chi connectivity index (χ0) is 18.6. The van der Waals surface area contributed by atoms with Crippen LogP contribution in [0.3, 0.4) is 0 Å². The van der Waals surface area contributed by atoms with E-state index in [0.29, 0.717) is 23.8 Å². The number of amides is 1. The highest BCUT2D eigenvalue weighted by molar-refractivity contribution is 14.1. The molecule has 0 aromatic heterocycles. The quantitative estimate of drug-likeness (QED) is 0.506. The fourth-order valence-electron chi connectivity index (χ4n) is 4.52. The number of phenolic OH excluding ortho intramolecular Hbond substituents is 1. The highest BCUT2D eigenvalue weighted by Crippen LogP contribution is 2.50. The number of nitrogens with zero attached hydrogens (tertiary/aromatic N) is 1. The van der Waals surface area contributed by atoms with Crippen LogP contribution >= 0.6 is 22.6 Å². The Bertz CT molecular complexity index is 917. The highest BCUT2D eigenvalue weighted by Gasteiger charge is 2.47. The Morgan fingerprint density at radius 1 is 1.22 bits per heavy atom. The molecule has 1 amide bonds. The van der Waals surface area contributed by atoms with E-state index in [2.05, 4.69) is 22.6 Å². The SMILES string of the molecule is O=C(C1COc2ccccc2O1)N1CC[C@]2(I)C[C@H]1Cc1ccc(O)cc12. The molecule has 1 unspecified atom stereocenters. The second-order valence-electron chi connectivity index (χ2n) is 7.51. The maximum absolute atomic E-state index is 13.2. The Hall–Kier alpha value is -1.96. The van der Waals surface area contributed by atoms with Crippen LogP contribution in [-0.2, 0) is 14.6 Å². The van der Waals surface area contributed by atoms with E-state index in [9.17, 15) is 9.90 Å². The molecule has 0 saturated carbocycles. The second-order valence-corrected chi connectivity index (χ2v) is 9.58. The molecule has 2 aromatic rings. The number of rotatable bonds is 1. The molecular formula is C21H20INO4. The number of hydrogen-bond donors (Lipinski definition) is 1. The third-order valence-electron chi connectivity index (χ3n) is 5.85. The van der Waals surface area contributed by atoms with Crippen LogP contribution in [0.4, 0.5) is 0 Å². The van der Waals surface area contributed by atoms with Gasteiger partial charge in [0.15, 0.2) is 11.5 Å². The van der Waals surface area contributed by atoms with Crippen LogP contribution in [0, 0.1) is 0 Å². The molecule has 1 saturated heterocycles. The van der Waals surface area contributed by atoms with Gasteiger partial charge in [-0.1, -0.05) is 40.8 Å². The summed E-state index contributed by atoms with van der Waals surface area (Å²) in [5, 5.41) is 9.89. The van der Waals surface area contributed by atoms with Gasteiger partial charge in [0, 0.05) is 12.6 Å². The summed E-state index contributed by atoms with van der Waals surface area (Å²) >= 11 is 2.51. The zero-order valence-corrected chi connectivity index (χ0v) is 16.9. The molecule has 2 bridgehead atoms. The van der Waals surface area contributed by atoms with E-state index in [1.807, 2.05) is 41.3 Å². The van der Waals surface area contributed by atoms with E-state index >= 15 is 0 Å². The fourth-order valence-corrected chi connectivity index (χ4v) is 5.77. The van der Waals surface area contributed by atoms with Gasteiger partial charge in [0.2, 0.25) is 6.10 Å². The van der Waals surface area contributed by atoms with E-state index in [4.69, 9.17) is 9.47 Å². The van der Waals surface area contributed by atoms with Gasteiger partial charge >= 0.3 is 0 Å². The molecule has 5 rings (SSSR count).